The quantitative estimate of drug-likeness (QED) is 0.835. The lowest BCUT2D eigenvalue weighted by Crippen LogP contribution is -2.43. The molecule has 2 aliphatic rings. The van der Waals surface area contributed by atoms with Crippen LogP contribution in [0.3, 0.4) is 0 Å². The number of carbonyl (C=O) groups is 1. The van der Waals surface area contributed by atoms with Gasteiger partial charge in [-0.15, -0.1) is 12.4 Å². The van der Waals surface area contributed by atoms with E-state index in [1.165, 1.54) is 11.3 Å². The van der Waals surface area contributed by atoms with Gasteiger partial charge in [-0.2, -0.15) is 0 Å². The second-order valence-corrected chi connectivity index (χ2v) is 7.38. The first-order valence-corrected chi connectivity index (χ1v) is 9.71. The third kappa shape index (κ3) is 4.10. The van der Waals surface area contributed by atoms with Gasteiger partial charge >= 0.3 is 0 Å². The van der Waals surface area contributed by atoms with Crippen LogP contribution in [0.2, 0.25) is 0 Å². The van der Waals surface area contributed by atoms with Gasteiger partial charge in [0, 0.05) is 43.1 Å². The largest absolute Gasteiger partial charge is 0.378 e. The molecule has 0 radical (unpaired) electrons. The second-order valence-electron chi connectivity index (χ2n) is 7.38. The number of hydrogen-bond donors (Lipinski definition) is 1. The Bertz CT molecular complexity index is 806. The number of morpholine rings is 1. The zero-order valence-electron chi connectivity index (χ0n) is 16.4. The molecule has 0 saturated carbocycles. The number of nitrogens with one attached hydrogen (secondary N) is 1. The third-order valence-corrected chi connectivity index (χ3v) is 5.51. The summed E-state index contributed by atoms with van der Waals surface area (Å²) < 4.78 is 5.43. The molecule has 1 amide bonds. The van der Waals surface area contributed by atoms with Crippen LogP contribution in [0.1, 0.15) is 31.9 Å². The number of rotatable bonds is 3. The average Bonchev–Trinajstić information content (AvgIpc) is 2.69. The number of benzene rings is 2. The van der Waals surface area contributed by atoms with Crippen molar-refractivity contribution in [3.05, 3.63) is 54.1 Å². The highest BCUT2D eigenvalue weighted by Gasteiger charge is 2.32. The molecular weight excluding hydrogens is 374 g/mol. The second kappa shape index (κ2) is 8.84. The highest BCUT2D eigenvalue weighted by Crippen LogP contribution is 2.39. The molecule has 2 aromatic carbocycles. The smallest absolute Gasteiger partial charge is 0.224 e. The number of hydrogen-bond acceptors (Lipinski definition) is 4. The van der Waals surface area contributed by atoms with E-state index >= 15 is 0 Å². The van der Waals surface area contributed by atoms with E-state index in [-0.39, 0.29) is 30.4 Å². The van der Waals surface area contributed by atoms with Crippen molar-refractivity contribution in [3.63, 3.8) is 0 Å². The van der Waals surface area contributed by atoms with Gasteiger partial charge in [-0.05, 0) is 49.2 Å². The molecule has 0 spiro atoms. The Labute approximate surface area is 173 Å². The molecule has 28 heavy (non-hydrogen) atoms. The summed E-state index contributed by atoms with van der Waals surface area (Å²) in [6, 6.07) is 17.2. The summed E-state index contributed by atoms with van der Waals surface area (Å²) >= 11 is 0. The number of anilines is 3. The minimum absolute atomic E-state index is 0. The number of halogens is 1. The van der Waals surface area contributed by atoms with E-state index in [0.29, 0.717) is 0 Å². The van der Waals surface area contributed by atoms with Crippen molar-refractivity contribution < 1.29 is 9.53 Å². The molecule has 2 aromatic rings. The molecule has 0 aliphatic carbocycles. The lowest BCUT2D eigenvalue weighted by atomic mass is 9.91. The van der Waals surface area contributed by atoms with Crippen molar-refractivity contribution >= 4 is 35.4 Å². The number of ether oxygens (including phenoxy) is 1. The predicted octanol–water partition coefficient (Wildman–Crippen LogP) is 4.24. The Hall–Kier alpha value is -2.24. The van der Waals surface area contributed by atoms with E-state index in [9.17, 15) is 4.79 Å². The lowest BCUT2D eigenvalue weighted by molar-refractivity contribution is -0.117. The van der Waals surface area contributed by atoms with E-state index in [0.717, 1.165) is 44.1 Å². The van der Waals surface area contributed by atoms with Crippen LogP contribution >= 0.6 is 12.4 Å². The molecule has 2 unspecified atom stereocenters. The minimum Gasteiger partial charge on any atom is -0.378 e. The van der Waals surface area contributed by atoms with Crippen molar-refractivity contribution in [3.8, 4) is 0 Å². The first kappa shape index (κ1) is 20.5. The van der Waals surface area contributed by atoms with Crippen molar-refractivity contribution in [1.29, 1.82) is 0 Å². The van der Waals surface area contributed by atoms with Gasteiger partial charge in [0.15, 0.2) is 0 Å². The fraction of sp³-hybridized carbons (Fsp3) is 0.409. The van der Waals surface area contributed by atoms with Crippen LogP contribution in [0.25, 0.3) is 0 Å². The van der Waals surface area contributed by atoms with E-state index in [2.05, 4.69) is 47.5 Å². The molecule has 2 aliphatic heterocycles. The molecule has 1 saturated heterocycles. The van der Waals surface area contributed by atoms with Crippen LogP contribution in [0, 0.1) is 0 Å². The number of amides is 1. The van der Waals surface area contributed by atoms with Gasteiger partial charge < -0.3 is 19.9 Å². The summed E-state index contributed by atoms with van der Waals surface area (Å²) in [6.45, 7) is 7.24. The molecule has 2 atom stereocenters. The van der Waals surface area contributed by atoms with E-state index in [4.69, 9.17) is 4.74 Å². The molecule has 1 N–H and O–H groups in total. The highest BCUT2D eigenvalue weighted by molar-refractivity contribution is 5.93. The van der Waals surface area contributed by atoms with Crippen molar-refractivity contribution in [2.45, 2.75) is 32.4 Å². The molecule has 4 rings (SSSR count). The normalized spacial score (nSPS) is 21.5. The van der Waals surface area contributed by atoms with Gasteiger partial charge in [0.2, 0.25) is 5.91 Å². The van der Waals surface area contributed by atoms with Gasteiger partial charge in [-0.1, -0.05) is 18.2 Å². The third-order valence-electron chi connectivity index (χ3n) is 5.51. The Kier molecular flexibility index (Phi) is 6.47. The van der Waals surface area contributed by atoms with Crippen LogP contribution < -0.4 is 15.1 Å². The summed E-state index contributed by atoms with van der Waals surface area (Å²) in [6.07, 6.45) is 0.891. The zero-order chi connectivity index (χ0) is 18.8. The van der Waals surface area contributed by atoms with Crippen molar-refractivity contribution in [1.82, 2.24) is 0 Å². The standard InChI is InChI=1S/C22H27N3O2.ClH/c1-16-15-21(20-5-3-4-6-22(20)25(16)17(2)26)23-18-7-9-19(10-8-18)24-11-13-27-14-12-24;/h3-10,16,21,23H,11-15H2,1-2H3;1H. The van der Waals surface area contributed by atoms with Gasteiger partial charge in [-0.3, -0.25) is 4.79 Å². The number of para-hydroxylation sites is 1. The van der Waals surface area contributed by atoms with Crippen LogP contribution in [0.5, 0.6) is 0 Å². The Morgan fingerprint density at radius 1 is 1.07 bits per heavy atom. The monoisotopic (exact) mass is 401 g/mol. The SMILES string of the molecule is CC(=O)N1c2ccccc2C(Nc2ccc(N3CCOCC3)cc2)CC1C.Cl. The number of carbonyl (C=O) groups excluding carboxylic acids is 1. The molecule has 0 aromatic heterocycles. The molecule has 0 bridgehead atoms. The number of nitrogens with zero attached hydrogens (tertiary/aromatic N) is 2. The minimum atomic E-state index is 0. The van der Waals surface area contributed by atoms with Crippen LogP contribution in [0.15, 0.2) is 48.5 Å². The Morgan fingerprint density at radius 2 is 1.75 bits per heavy atom. The molecule has 1 fully saturated rings. The maximum absolute atomic E-state index is 12.1. The van der Waals surface area contributed by atoms with Crippen LogP contribution in [0.4, 0.5) is 17.1 Å². The van der Waals surface area contributed by atoms with Crippen LogP contribution in [-0.4, -0.2) is 38.3 Å². The van der Waals surface area contributed by atoms with Crippen molar-refractivity contribution in [2.75, 3.05) is 41.4 Å². The summed E-state index contributed by atoms with van der Waals surface area (Å²) in [5, 5.41) is 3.68. The summed E-state index contributed by atoms with van der Waals surface area (Å²) in [4.78, 5) is 16.4. The van der Waals surface area contributed by atoms with Gasteiger partial charge in [-0.25, -0.2) is 0 Å². The predicted molar refractivity (Wildman–Crippen MR) is 117 cm³/mol. The summed E-state index contributed by atoms with van der Waals surface area (Å²) in [5.41, 5.74) is 4.55. The summed E-state index contributed by atoms with van der Waals surface area (Å²) in [7, 11) is 0. The maximum atomic E-state index is 12.1. The van der Waals surface area contributed by atoms with E-state index < -0.39 is 0 Å². The van der Waals surface area contributed by atoms with E-state index in [1.807, 2.05) is 23.1 Å². The molecule has 150 valence electrons. The van der Waals surface area contributed by atoms with Gasteiger partial charge in [0.25, 0.3) is 0 Å². The van der Waals surface area contributed by atoms with Crippen molar-refractivity contribution in [2.24, 2.45) is 0 Å². The van der Waals surface area contributed by atoms with Gasteiger partial charge in [0.1, 0.15) is 0 Å². The summed E-state index contributed by atoms with van der Waals surface area (Å²) in [5.74, 6) is 0.100. The van der Waals surface area contributed by atoms with E-state index in [1.54, 1.807) is 6.92 Å². The molecule has 2 heterocycles. The molecular formula is C22H28ClN3O2. The fourth-order valence-corrected chi connectivity index (χ4v) is 4.22. The zero-order valence-corrected chi connectivity index (χ0v) is 17.2. The average molecular weight is 402 g/mol. The van der Waals surface area contributed by atoms with Crippen LogP contribution in [-0.2, 0) is 9.53 Å². The lowest BCUT2D eigenvalue weighted by Gasteiger charge is -2.39. The Balaban J connectivity index is 0.00000225. The number of fused-ring (bicyclic) bond motifs is 1. The first-order chi connectivity index (χ1) is 13.1. The fourth-order valence-electron chi connectivity index (χ4n) is 4.22. The molecule has 6 heteroatoms. The van der Waals surface area contributed by atoms with Gasteiger partial charge in [0.05, 0.1) is 19.3 Å². The highest BCUT2D eigenvalue weighted by atomic mass is 35.5. The first-order valence-electron chi connectivity index (χ1n) is 9.71. The topological polar surface area (TPSA) is 44.8 Å². The molecule has 5 nitrogen and oxygen atoms in total. The maximum Gasteiger partial charge on any atom is 0.224 e. The Morgan fingerprint density at radius 3 is 2.43 bits per heavy atom.